The summed E-state index contributed by atoms with van der Waals surface area (Å²) < 4.78 is 22.2. The minimum Gasteiger partial charge on any atom is -0.507 e. The average Bonchev–Trinajstić information content (AvgIpc) is 3.07. The molecule has 268 valence electrons. The van der Waals surface area contributed by atoms with Crippen LogP contribution >= 0.6 is 0 Å². The van der Waals surface area contributed by atoms with Gasteiger partial charge in [0.05, 0.1) is 42.1 Å². The summed E-state index contributed by atoms with van der Waals surface area (Å²) in [5.74, 6) is -6.00. The van der Waals surface area contributed by atoms with E-state index in [0.717, 1.165) is 0 Å². The van der Waals surface area contributed by atoms with Crippen molar-refractivity contribution in [1.82, 2.24) is 5.32 Å². The number of amides is 1. The molecule has 50 heavy (non-hydrogen) atoms. The second kappa shape index (κ2) is 14.2. The third kappa shape index (κ3) is 6.84. The summed E-state index contributed by atoms with van der Waals surface area (Å²) in [7, 11) is 1.30. The number of ketones is 4. The Morgan fingerprint density at radius 1 is 1.06 bits per heavy atom. The highest BCUT2D eigenvalue weighted by atomic mass is 16.7. The molecule has 5 rings (SSSR count). The zero-order valence-electron chi connectivity index (χ0n) is 27.5. The maximum atomic E-state index is 13.9. The van der Waals surface area contributed by atoms with Gasteiger partial charge in [-0.05, 0) is 19.9 Å². The van der Waals surface area contributed by atoms with E-state index in [1.165, 1.54) is 32.2 Å². The van der Waals surface area contributed by atoms with Crippen LogP contribution in [0.4, 0.5) is 0 Å². The van der Waals surface area contributed by atoms with Gasteiger partial charge in [0, 0.05) is 54.8 Å². The van der Waals surface area contributed by atoms with Crippen molar-refractivity contribution < 1.29 is 68.1 Å². The third-order valence-corrected chi connectivity index (χ3v) is 9.16. The van der Waals surface area contributed by atoms with Crippen LogP contribution in [0.5, 0.6) is 17.2 Å². The summed E-state index contributed by atoms with van der Waals surface area (Å²) >= 11 is 0. The quantitative estimate of drug-likeness (QED) is 0.114. The smallest absolute Gasteiger partial charge is 0.325 e. The number of nitrogens with one attached hydrogen (secondary N) is 1. The number of aliphatic hydroxyl groups is 2. The number of aliphatic hydroxyl groups excluding tert-OH is 1. The summed E-state index contributed by atoms with van der Waals surface area (Å²) in [5, 5.41) is 47.6. The average molecular weight is 699 g/mol. The molecule has 1 saturated heterocycles. The van der Waals surface area contributed by atoms with E-state index in [4.69, 9.17) is 24.7 Å². The fourth-order valence-corrected chi connectivity index (χ4v) is 6.48. The van der Waals surface area contributed by atoms with Crippen LogP contribution in [0.25, 0.3) is 0 Å². The number of esters is 1. The Kier molecular flexibility index (Phi) is 10.4. The van der Waals surface area contributed by atoms with E-state index in [1.54, 1.807) is 6.92 Å². The summed E-state index contributed by atoms with van der Waals surface area (Å²) in [4.78, 5) is 76.3. The van der Waals surface area contributed by atoms with Crippen LogP contribution in [0.3, 0.4) is 0 Å². The van der Waals surface area contributed by atoms with Crippen LogP contribution in [-0.2, 0) is 39.8 Å². The molecule has 0 spiro atoms. The summed E-state index contributed by atoms with van der Waals surface area (Å²) in [6.45, 7) is 1.26. The molecule has 0 saturated carbocycles. The Bertz CT molecular complexity index is 1760. The van der Waals surface area contributed by atoms with Gasteiger partial charge in [0.2, 0.25) is 17.5 Å². The van der Waals surface area contributed by atoms with E-state index in [0.29, 0.717) is 0 Å². The van der Waals surface area contributed by atoms with Crippen molar-refractivity contribution in [1.29, 1.82) is 0 Å². The predicted octanol–water partition coefficient (Wildman–Crippen LogP) is 0.0376. The van der Waals surface area contributed by atoms with Crippen molar-refractivity contribution in [2.24, 2.45) is 5.73 Å². The van der Waals surface area contributed by atoms with E-state index < -0.39 is 114 Å². The topological polar surface area (TPSA) is 258 Å². The van der Waals surface area contributed by atoms with Gasteiger partial charge in [-0.1, -0.05) is 12.1 Å². The summed E-state index contributed by atoms with van der Waals surface area (Å²) in [6.07, 6.45) is -5.99. The number of phenols is 2. The Hall–Kier alpha value is -4.74. The maximum absolute atomic E-state index is 13.9. The largest absolute Gasteiger partial charge is 0.507 e. The number of nitrogens with two attached hydrogens (primary N) is 1. The van der Waals surface area contributed by atoms with Crippen LogP contribution in [0.2, 0.25) is 0 Å². The fourth-order valence-electron chi connectivity index (χ4n) is 6.48. The monoisotopic (exact) mass is 698 g/mol. The van der Waals surface area contributed by atoms with E-state index in [9.17, 15) is 49.2 Å². The first-order valence-electron chi connectivity index (χ1n) is 15.9. The number of hydrogen-bond acceptors (Lipinski definition) is 15. The lowest BCUT2D eigenvalue weighted by atomic mass is 9.72. The van der Waals surface area contributed by atoms with E-state index >= 15 is 0 Å². The lowest BCUT2D eigenvalue weighted by Gasteiger charge is -2.42. The number of rotatable bonds is 11. The first-order chi connectivity index (χ1) is 23.6. The molecule has 6 atom stereocenters. The molecule has 0 bridgehead atoms. The first kappa shape index (κ1) is 36.5. The predicted molar refractivity (Wildman–Crippen MR) is 169 cm³/mol. The minimum atomic E-state index is -2.42. The van der Waals surface area contributed by atoms with Crippen LogP contribution in [0.15, 0.2) is 18.2 Å². The lowest BCUT2D eigenvalue weighted by Crippen LogP contribution is -2.53. The van der Waals surface area contributed by atoms with Crippen molar-refractivity contribution >= 4 is 35.0 Å². The van der Waals surface area contributed by atoms with Crippen LogP contribution in [0, 0.1) is 0 Å². The van der Waals surface area contributed by atoms with Gasteiger partial charge in [-0.25, -0.2) is 0 Å². The molecule has 4 unspecified atom stereocenters. The van der Waals surface area contributed by atoms with Gasteiger partial charge in [-0.3, -0.25) is 24.0 Å². The molecule has 16 heteroatoms. The number of hydrogen-bond donors (Lipinski definition) is 6. The molecule has 2 aromatic carbocycles. The van der Waals surface area contributed by atoms with Gasteiger partial charge in [0.15, 0.2) is 18.7 Å². The molecule has 2 aliphatic carbocycles. The summed E-state index contributed by atoms with van der Waals surface area (Å²) in [6, 6.07) is 3.47. The van der Waals surface area contributed by atoms with Gasteiger partial charge >= 0.3 is 5.97 Å². The standard InChI is InChI=1S/C34H38N2O14/c1-14(37)7-8-22(39)36-12-23(40)48-13-21(38)34(46)10-17-26(20(11-34)50-24-9-18(35)29(41)15(2)49-24)33(45)28-27(31(17)43)30(42)16-5-4-6-19(47-3)25(16)32(28)44/h4-6,15,18,20,24,29,41,43,45-46H,7-13,35H2,1-3H3,(H,36,39)/t15?,18?,20-,24?,29?,34-/m0/s1. The van der Waals surface area contributed by atoms with Crippen molar-refractivity contribution in [3.63, 3.8) is 0 Å². The highest BCUT2D eigenvalue weighted by Gasteiger charge is 2.50. The number of carbonyl (C=O) groups excluding carboxylic acids is 6. The molecular weight excluding hydrogens is 660 g/mol. The minimum absolute atomic E-state index is 0.0273. The van der Waals surface area contributed by atoms with Gasteiger partial charge in [0.25, 0.3) is 0 Å². The van der Waals surface area contributed by atoms with Gasteiger partial charge in [-0.15, -0.1) is 0 Å². The zero-order valence-corrected chi connectivity index (χ0v) is 27.5. The number of aromatic hydroxyl groups is 2. The molecule has 1 heterocycles. The van der Waals surface area contributed by atoms with Crippen LogP contribution in [-0.4, -0.2) is 106 Å². The Labute approximate surface area is 285 Å². The number of phenolic OH excluding ortho intramolecular Hbond substituents is 2. The third-order valence-electron chi connectivity index (χ3n) is 9.16. The normalized spacial score (nSPS) is 25.5. The van der Waals surface area contributed by atoms with Crippen LogP contribution in [0.1, 0.15) is 88.6 Å². The number of fused-ring (bicyclic) bond motifs is 3. The molecule has 0 aromatic heterocycles. The van der Waals surface area contributed by atoms with Gasteiger partial charge < -0.3 is 55.2 Å². The molecule has 7 N–H and O–H groups in total. The highest BCUT2D eigenvalue weighted by molar-refractivity contribution is 6.31. The number of methoxy groups -OCH3 is 1. The highest BCUT2D eigenvalue weighted by Crippen LogP contribution is 2.52. The Morgan fingerprint density at radius 2 is 1.76 bits per heavy atom. The lowest BCUT2D eigenvalue weighted by molar-refractivity contribution is -0.247. The second-order valence-corrected chi connectivity index (χ2v) is 12.6. The zero-order chi connectivity index (χ0) is 36.7. The molecule has 2 aromatic rings. The van der Waals surface area contributed by atoms with E-state index in [1.807, 2.05) is 0 Å². The van der Waals surface area contributed by atoms with E-state index in [2.05, 4.69) is 5.32 Å². The number of carbonyl (C=O) groups is 6. The van der Waals surface area contributed by atoms with Gasteiger partial charge in [0.1, 0.15) is 35.2 Å². The molecule has 1 amide bonds. The van der Waals surface area contributed by atoms with Crippen molar-refractivity contribution in [2.45, 2.75) is 82.2 Å². The Morgan fingerprint density at radius 3 is 2.42 bits per heavy atom. The van der Waals surface area contributed by atoms with Crippen molar-refractivity contribution in [3.05, 3.63) is 51.6 Å². The van der Waals surface area contributed by atoms with Crippen molar-refractivity contribution in [2.75, 3.05) is 20.3 Å². The molecule has 1 aliphatic heterocycles. The molecule has 16 nitrogen and oxygen atoms in total. The molecular formula is C34H38N2O14. The second-order valence-electron chi connectivity index (χ2n) is 12.6. The van der Waals surface area contributed by atoms with E-state index in [-0.39, 0.29) is 53.0 Å². The molecule has 1 fully saturated rings. The van der Waals surface area contributed by atoms with Crippen molar-refractivity contribution in [3.8, 4) is 17.2 Å². The van der Waals surface area contributed by atoms with Crippen LogP contribution < -0.4 is 15.8 Å². The summed E-state index contributed by atoms with van der Waals surface area (Å²) in [5.41, 5.74) is 1.84. The Balaban J connectivity index is 1.49. The molecule has 3 aliphatic rings. The number of ether oxygens (including phenoxy) is 4. The number of Topliss-reactive ketones (excluding diaryl/α,β-unsaturated/α-hetero) is 2. The molecule has 0 radical (unpaired) electrons. The SMILES string of the molecule is COc1cccc2c1C(=O)c1c(O)c3c(c(O)c1C2=O)C[C@@](O)(C(=O)COC(=O)CNC(=O)CCC(C)=O)C[C@@H]3OC1CC(N)C(O)C(C)O1. The van der Waals surface area contributed by atoms with Gasteiger partial charge in [-0.2, -0.15) is 0 Å². The first-order valence-corrected chi connectivity index (χ1v) is 15.9. The number of benzene rings is 2. The maximum Gasteiger partial charge on any atom is 0.325 e. The fraction of sp³-hybridized carbons (Fsp3) is 0.471.